The van der Waals surface area contributed by atoms with Crippen LogP contribution >= 0.6 is 11.3 Å². The maximum Gasteiger partial charge on any atom is 0.228 e. The minimum atomic E-state index is 0.147. The van der Waals surface area contributed by atoms with Crippen LogP contribution in [0.5, 0.6) is 5.75 Å². The number of amides is 1. The first-order valence-corrected chi connectivity index (χ1v) is 9.85. The lowest BCUT2D eigenvalue weighted by Crippen LogP contribution is -2.49. The molecule has 6 nitrogen and oxygen atoms in total. The summed E-state index contributed by atoms with van der Waals surface area (Å²) in [5.41, 5.74) is 2.00. The van der Waals surface area contributed by atoms with Crippen LogP contribution < -0.4 is 9.64 Å². The number of methoxy groups -OCH3 is 1. The zero-order valence-corrected chi connectivity index (χ0v) is 16.1. The molecule has 0 N–H and O–H groups in total. The van der Waals surface area contributed by atoms with Crippen LogP contribution in [0.1, 0.15) is 5.69 Å². The van der Waals surface area contributed by atoms with Crippen molar-refractivity contribution in [3.63, 3.8) is 0 Å². The second-order valence-electron chi connectivity index (χ2n) is 6.45. The summed E-state index contributed by atoms with van der Waals surface area (Å²) in [6.45, 7) is 3.15. The summed E-state index contributed by atoms with van der Waals surface area (Å²) in [6, 6.07) is 12.0. The summed E-state index contributed by atoms with van der Waals surface area (Å²) >= 11 is 1.56. The summed E-state index contributed by atoms with van der Waals surface area (Å²) < 4.78 is 7.17. The predicted octanol–water partition coefficient (Wildman–Crippen LogP) is 2.83. The number of hydrogen-bond acceptors (Lipinski definition) is 5. The van der Waals surface area contributed by atoms with Crippen LogP contribution in [0.15, 0.2) is 54.2 Å². The molecule has 0 bridgehead atoms. The van der Waals surface area contributed by atoms with Gasteiger partial charge in [-0.1, -0.05) is 0 Å². The highest BCUT2D eigenvalue weighted by molar-refractivity contribution is 7.12. The van der Waals surface area contributed by atoms with Gasteiger partial charge in [0.2, 0.25) is 5.91 Å². The number of piperazine rings is 1. The van der Waals surface area contributed by atoms with Crippen molar-refractivity contribution in [1.82, 2.24) is 14.5 Å². The molecule has 0 aliphatic carbocycles. The molecule has 1 fully saturated rings. The molecular formula is C20H22N4O2S. The molecule has 1 amide bonds. The molecule has 1 saturated heterocycles. The molecule has 2 aromatic heterocycles. The molecule has 3 heterocycles. The third-order valence-corrected chi connectivity index (χ3v) is 5.67. The number of carbonyl (C=O) groups is 1. The first kappa shape index (κ1) is 17.6. The Morgan fingerprint density at radius 1 is 1.11 bits per heavy atom. The fourth-order valence-electron chi connectivity index (χ4n) is 3.23. The van der Waals surface area contributed by atoms with E-state index in [0.717, 1.165) is 42.8 Å². The van der Waals surface area contributed by atoms with Gasteiger partial charge in [-0.2, -0.15) is 0 Å². The largest absolute Gasteiger partial charge is 0.497 e. The van der Waals surface area contributed by atoms with Crippen LogP contribution in [0.2, 0.25) is 0 Å². The van der Waals surface area contributed by atoms with Crippen LogP contribution in [-0.4, -0.2) is 53.6 Å². The average molecular weight is 382 g/mol. The quantitative estimate of drug-likeness (QED) is 0.681. The molecule has 0 unspecified atom stereocenters. The zero-order valence-electron chi connectivity index (χ0n) is 15.2. The molecule has 27 heavy (non-hydrogen) atoms. The van der Waals surface area contributed by atoms with E-state index in [4.69, 9.17) is 4.74 Å². The molecule has 140 valence electrons. The number of rotatable bonds is 5. The number of ether oxygens (including phenoxy) is 1. The zero-order chi connectivity index (χ0) is 18.6. The van der Waals surface area contributed by atoms with E-state index in [1.807, 2.05) is 51.5 Å². The molecular weight excluding hydrogens is 360 g/mol. The van der Waals surface area contributed by atoms with E-state index in [0.29, 0.717) is 6.42 Å². The molecule has 1 aliphatic rings. The van der Waals surface area contributed by atoms with Crippen LogP contribution in [-0.2, 0) is 11.2 Å². The predicted molar refractivity (Wildman–Crippen MR) is 107 cm³/mol. The topological polar surface area (TPSA) is 50.6 Å². The fourth-order valence-corrected chi connectivity index (χ4v) is 4.02. The Bertz CT molecular complexity index is 881. The van der Waals surface area contributed by atoms with E-state index < -0.39 is 0 Å². The van der Waals surface area contributed by atoms with E-state index in [2.05, 4.69) is 22.0 Å². The maximum atomic E-state index is 12.6. The lowest BCUT2D eigenvalue weighted by atomic mass is 10.2. The van der Waals surface area contributed by atoms with E-state index in [-0.39, 0.29) is 5.91 Å². The SMILES string of the molecule is COc1ccc(N2CCN(C(=O)Cc3csc(-n4cccc4)n3)CC2)cc1. The number of aromatic nitrogens is 2. The molecule has 1 aromatic carbocycles. The Morgan fingerprint density at radius 3 is 2.48 bits per heavy atom. The Kier molecular flexibility index (Phi) is 5.11. The molecule has 7 heteroatoms. The summed E-state index contributed by atoms with van der Waals surface area (Å²) in [6.07, 6.45) is 4.28. The van der Waals surface area contributed by atoms with Crippen molar-refractivity contribution in [3.8, 4) is 10.9 Å². The Hall–Kier alpha value is -2.80. The van der Waals surface area contributed by atoms with Gasteiger partial charge < -0.3 is 19.1 Å². The first-order chi connectivity index (χ1) is 13.2. The normalized spacial score (nSPS) is 14.4. The number of benzene rings is 1. The highest BCUT2D eigenvalue weighted by atomic mass is 32.1. The highest BCUT2D eigenvalue weighted by Gasteiger charge is 2.22. The van der Waals surface area contributed by atoms with Crippen molar-refractivity contribution in [2.24, 2.45) is 0 Å². The van der Waals surface area contributed by atoms with Crippen molar-refractivity contribution in [3.05, 3.63) is 59.9 Å². The van der Waals surface area contributed by atoms with Gasteiger partial charge in [0.25, 0.3) is 0 Å². The van der Waals surface area contributed by atoms with Gasteiger partial charge in [0.05, 0.1) is 19.2 Å². The summed E-state index contributed by atoms with van der Waals surface area (Å²) in [7, 11) is 1.67. The van der Waals surface area contributed by atoms with Crippen LogP contribution in [0.25, 0.3) is 5.13 Å². The van der Waals surface area contributed by atoms with Crippen molar-refractivity contribution in [2.75, 3.05) is 38.2 Å². The smallest absolute Gasteiger partial charge is 0.228 e. The lowest BCUT2D eigenvalue weighted by Gasteiger charge is -2.36. The van der Waals surface area contributed by atoms with Crippen LogP contribution in [0, 0.1) is 0 Å². The lowest BCUT2D eigenvalue weighted by molar-refractivity contribution is -0.130. The van der Waals surface area contributed by atoms with E-state index in [1.54, 1.807) is 18.4 Å². The maximum absolute atomic E-state index is 12.6. The molecule has 4 rings (SSSR count). The van der Waals surface area contributed by atoms with Gasteiger partial charge in [-0.05, 0) is 36.4 Å². The standard InChI is InChI=1S/C20H22N4O2S/c1-26-18-6-4-17(5-7-18)22-10-12-23(13-11-22)19(25)14-16-15-27-20(21-16)24-8-2-3-9-24/h2-9,15H,10-14H2,1H3. The average Bonchev–Trinajstić information content (AvgIpc) is 3.40. The molecule has 0 radical (unpaired) electrons. The van der Waals surface area contributed by atoms with Gasteiger partial charge in [0.15, 0.2) is 5.13 Å². The highest BCUT2D eigenvalue weighted by Crippen LogP contribution is 2.21. The Morgan fingerprint density at radius 2 is 1.81 bits per heavy atom. The van der Waals surface area contributed by atoms with Crippen molar-refractivity contribution in [1.29, 1.82) is 0 Å². The van der Waals surface area contributed by atoms with Gasteiger partial charge in [-0.3, -0.25) is 4.79 Å². The Balaban J connectivity index is 1.32. The molecule has 0 spiro atoms. The van der Waals surface area contributed by atoms with Crippen molar-refractivity contribution in [2.45, 2.75) is 6.42 Å². The molecule has 3 aromatic rings. The number of carbonyl (C=O) groups excluding carboxylic acids is 1. The third-order valence-electron chi connectivity index (χ3n) is 4.77. The summed E-state index contributed by atoms with van der Waals surface area (Å²) in [5, 5.41) is 2.87. The molecule has 0 saturated carbocycles. The minimum Gasteiger partial charge on any atom is -0.497 e. The monoisotopic (exact) mass is 382 g/mol. The number of anilines is 1. The second-order valence-corrected chi connectivity index (χ2v) is 7.29. The van der Waals surface area contributed by atoms with Gasteiger partial charge in [-0.25, -0.2) is 4.98 Å². The van der Waals surface area contributed by atoms with Gasteiger partial charge in [0.1, 0.15) is 5.75 Å². The Labute approximate surface area is 162 Å². The summed E-state index contributed by atoms with van der Waals surface area (Å²) in [4.78, 5) is 21.5. The molecule has 0 atom stereocenters. The van der Waals surface area contributed by atoms with Crippen molar-refractivity contribution >= 4 is 22.9 Å². The number of hydrogen-bond donors (Lipinski definition) is 0. The second kappa shape index (κ2) is 7.84. The van der Waals surface area contributed by atoms with Gasteiger partial charge in [0, 0.05) is 49.6 Å². The van der Waals surface area contributed by atoms with Gasteiger partial charge >= 0.3 is 0 Å². The third kappa shape index (κ3) is 3.98. The fraction of sp³-hybridized carbons (Fsp3) is 0.300. The van der Waals surface area contributed by atoms with E-state index >= 15 is 0 Å². The number of nitrogens with zero attached hydrogens (tertiary/aromatic N) is 4. The minimum absolute atomic E-state index is 0.147. The number of thiazole rings is 1. The van der Waals surface area contributed by atoms with Crippen molar-refractivity contribution < 1.29 is 9.53 Å². The van der Waals surface area contributed by atoms with E-state index in [1.165, 1.54) is 5.69 Å². The first-order valence-electron chi connectivity index (χ1n) is 8.97. The van der Waals surface area contributed by atoms with E-state index in [9.17, 15) is 4.79 Å². The summed E-state index contributed by atoms with van der Waals surface area (Å²) in [5.74, 6) is 1.00. The van der Waals surface area contributed by atoms with Gasteiger partial charge in [-0.15, -0.1) is 11.3 Å². The molecule has 1 aliphatic heterocycles. The van der Waals surface area contributed by atoms with Crippen LogP contribution in [0.3, 0.4) is 0 Å². The van der Waals surface area contributed by atoms with Crippen LogP contribution in [0.4, 0.5) is 5.69 Å².